The van der Waals surface area contributed by atoms with Crippen molar-refractivity contribution in [2.75, 3.05) is 12.8 Å². The van der Waals surface area contributed by atoms with Gasteiger partial charge in [0.05, 0.1) is 19.0 Å². The zero-order chi connectivity index (χ0) is 10.7. The third kappa shape index (κ3) is 1.76. The average molecular weight is 200 g/mol. The highest BCUT2D eigenvalue weighted by Gasteiger charge is 2.08. The fraction of sp³-hybridized carbons (Fsp3) is 0.0833. The molecule has 76 valence electrons. The number of rotatable bonds is 2. The highest BCUT2D eigenvalue weighted by atomic mass is 16.5. The third-order valence-electron chi connectivity index (χ3n) is 2.21. The molecule has 0 saturated heterocycles. The van der Waals surface area contributed by atoms with E-state index >= 15 is 0 Å². The van der Waals surface area contributed by atoms with E-state index in [1.54, 1.807) is 19.5 Å². The molecule has 2 rings (SSSR count). The zero-order valence-corrected chi connectivity index (χ0v) is 8.47. The molecule has 1 aromatic carbocycles. The van der Waals surface area contributed by atoms with Crippen LogP contribution in [0.15, 0.2) is 42.7 Å². The maximum absolute atomic E-state index is 5.78. The van der Waals surface area contributed by atoms with Crippen LogP contribution in [-0.2, 0) is 0 Å². The topological polar surface area (TPSA) is 48.1 Å². The first-order chi connectivity index (χ1) is 7.33. The van der Waals surface area contributed by atoms with Crippen molar-refractivity contribution in [3.63, 3.8) is 0 Å². The number of anilines is 1. The van der Waals surface area contributed by atoms with Gasteiger partial charge in [-0.05, 0) is 5.56 Å². The molecule has 1 aromatic heterocycles. The van der Waals surface area contributed by atoms with Gasteiger partial charge in [0.15, 0.2) is 5.75 Å². The number of ether oxygens (including phenoxy) is 1. The molecular weight excluding hydrogens is 188 g/mol. The van der Waals surface area contributed by atoms with Crippen LogP contribution in [0.1, 0.15) is 0 Å². The Labute approximate surface area is 88.5 Å². The highest BCUT2D eigenvalue weighted by Crippen LogP contribution is 2.33. The van der Waals surface area contributed by atoms with Crippen LogP contribution in [0.25, 0.3) is 11.1 Å². The maximum atomic E-state index is 5.78. The normalized spacial score (nSPS) is 9.93. The number of nitrogens with zero attached hydrogens (tertiary/aromatic N) is 1. The Morgan fingerprint density at radius 3 is 2.53 bits per heavy atom. The number of hydrogen-bond donors (Lipinski definition) is 1. The molecule has 0 atom stereocenters. The number of pyridine rings is 1. The summed E-state index contributed by atoms with van der Waals surface area (Å²) in [5, 5.41) is 0. The Bertz CT molecular complexity index is 454. The lowest BCUT2D eigenvalue weighted by Gasteiger charge is -2.09. The second-order valence-electron chi connectivity index (χ2n) is 3.18. The van der Waals surface area contributed by atoms with Gasteiger partial charge >= 0.3 is 0 Å². The highest BCUT2D eigenvalue weighted by molar-refractivity contribution is 5.75. The number of aromatic nitrogens is 1. The lowest BCUT2D eigenvalue weighted by molar-refractivity contribution is 0.418. The van der Waals surface area contributed by atoms with Gasteiger partial charge in [0.25, 0.3) is 0 Å². The van der Waals surface area contributed by atoms with Crippen molar-refractivity contribution < 1.29 is 4.74 Å². The van der Waals surface area contributed by atoms with Crippen LogP contribution in [0.5, 0.6) is 5.75 Å². The van der Waals surface area contributed by atoms with Crippen LogP contribution in [0.4, 0.5) is 5.69 Å². The monoisotopic (exact) mass is 200 g/mol. The minimum absolute atomic E-state index is 0.554. The summed E-state index contributed by atoms with van der Waals surface area (Å²) in [6.45, 7) is 0. The molecule has 0 amide bonds. The van der Waals surface area contributed by atoms with Crippen LogP contribution in [0.3, 0.4) is 0 Å². The first-order valence-electron chi connectivity index (χ1n) is 4.66. The average Bonchev–Trinajstić information content (AvgIpc) is 2.30. The Morgan fingerprint density at radius 1 is 1.13 bits per heavy atom. The van der Waals surface area contributed by atoms with E-state index in [0.717, 1.165) is 11.1 Å². The van der Waals surface area contributed by atoms with E-state index in [0.29, 0.717) is 11.4 Å². The molecule has 0 fully saturated rings. The van der Waals surface area contributed by atoms with Crippen LogP contribution >= 0.6 is 0 Å². The van der Waals surface area contributed by atoms with E-state index in [-0.39, 0.29) is 0 Å². The molecule has 0 saturated carbocycles. The first-order valence-corrected chi connectivity index (χ1v) is 4.66. The van der Waals surface area contributed by atoms with E-state index in [4.69, 9.17) is 10.5 Å². The molecule has 2 N–H and O–H groups in total. The molecule has 0 unspecified atom stereocenters. The molecule has 0 aliphatic heterocycles. The summed E-state index contributed by atoms with van der Waals surface area (Å²) in [4.78, 5) is 4.06. The van der Waals surface area contributed by atoms with Gasteiger partial charge in [-0.1, -0.05) is 30.3 Å². The standard InChI is InChI=1S/C12H12N2O/c1-15-12-10(7-14-8-11(12)13)9-5-3-2-4-6-9/h2-8H,13H2,1H3. The molecule has 1 heterocycles. The van der Waals surface area contributed by atoms with Gasteiger partial charge in [-0.3, -0.25) is 4.98 Å². The number of nitrogens with two attached hydrogens (primary N) is 1. The summed E-state index contributed by atoms with van der Waals surface area (Å²) in [7, 11) is 1.61. The molecule has 0 radical (unpaired) electrons. The maximum Gasteiger partial charge on any atom is 0.152 e. The molecule has 0 aliphatic carbocycles. The molecule has 0 aliphatic rings. The fourth-order valence-corrected chi connectivity index (χ4v) is 1.52. The predicted molar refractivity (Wildman–Crippen MR) is 60.6 cm³/mol. The largest absolute Gasteiger partial charge is 0.494 e. The second-order valence-corrected chi connectivity index (χ2v) is 3.18. The lowest BCUT2D eigenvalue weighted by atomic mass is 10.1. The van der Waals surface area contributed by atoms with E-state index in [2.05, 4.69) is 4.98 Å². The van der Waals surface area contributed by atoms with E-state index in [1.165, 1.54) is 0 Å². The smallest absolute Gasteiger partial charge is 0.152 e. The Balaban J connectivity index is 2.58. The predicted octanol–water partition coefficient (Wildman–Crippen LogP) is 2.34. The molecule has 2 aromatic rings. The van der Waals surface area contributed by atoms with Crippen LogP contribution < -0.4 is 10.5 Å². The minimum atomic E-state index is 0.554. The van der Waals surface area contributed by atoms with Gasteiger partial charge in [-0.15, -0.1) is 0 Å². The van der Waals surface area contributed by atoms with Gasteiger partial charge in [-0.25, -0.2) is 0 Å². The SMILES string of the molecule is COc1c(N)cncc1-c1ccccc1. The first kappa shape index (κ1) is 9.52. The van der Waals surface area contributed by atoms with Crippen LogP contribution in [0.2, 0.25) is 0 Å². The second kappa shape index (κ2) is 4.00. The summed E-state index contributed by atoms with van der Waals surface area (Å²) >= 11 is 0. The van der Waals surface area contributed by atoms with Crippen molar-refractivity contribution in [3.8, 4) is 16.9 Å². The lowest BCUT2D eigenvalue weighted by Crippen LogP contribution is -1.95. The minimum Gasteiger partial charge on any atom is -0.494 e. The van der Waals surface area contributed by atoms with Gasteiger partial charge in [0.1, 0.15) is 0 Å². The Hall–Kier alpha value is -2.03. The van der Waals surface area contributed by atoms with Crippen molar-refractivity contribution in [3.05, 3.63) is 42.7 Å². The Kier molecular flexibility index (Phi) is 2.54. The summed E-state index contributed by atoms with van der Waals surface area (Å²) in [6.07, 6.45) is 3.34. The summed E-state index contributed by atoms with van der Waals surface area (Å²) in [5.74, 6) is 0.677. The van der Waals surface area contributed by atoms with Gasteiger partial charge < -0.3 is 10.5 Å². The Morgan fingerprint density at radius 2 is 1.87 bits per heavy atom. The third-order valence-corrected chi connectivity index (χ3v) is 2.21. The van der Waals surface area contributed by atoms with Crippen LogP contribution in [0, 0.1) is 0 Å². The molecular formula is C12H12N2O. The molecule has 3 heteroatoms. The fourth-order valence-electron chi connectivity index (χ4n) is 1.52. The van der Waals surface area contributed by atoms with Gasteiger partial charge in [0, 0.05) is 11.8 Å². The van der Waals surface area contributed by atoms with Gasteiger partial charge in [-0.2, -0.15) is 0 Å². The number of hydrogen-bond acceptors (Lipinski definition) is 3. The van der Waals surface area contributed by atoms with E-state index in [9.17, 15) is 0 Å². The number of benzene rings is 1. The van der Waals surface area contributed by atoms with Crippen molar-refractivity contribution in [1.82, 2.24) is 4.98 Å². The van der Waals surface area contributed by atoms with Crippen molar-refractivity contribution in [1.29, 1.82) is 0 Å². The van der Waals surface area contributed by atoms with E-state index in [1.807, 2.05) is 30.3 Å². The molecule has 15 heavy (non-hydrogen) atoms. The van der Waals surface area contributed by atoms with Crippen molar-refractivity contribution in [2.45, 2.75) is 0 Å². The van der Waals surface area contributed by atoms with Crippen LogP contribution in [-0.4, -0.2) is 12.1 Å². The molecule has 0 bridgehead atoms. The van der Waals surface area contributed by atoms with Crippen molar-refractivity contribution >= 4 is 5.69 Å². The quantitative estimate of drug-likeness (QED) is 0.809. The zero-order valence-electron chi connectivity index (χ0n) is 8.47. The summed E-state index contributed by atoms with van der Waals surface area (Å²) < 4.78 is 5.27. The van der Waals surface area contributed by atoms with E-state index < -0.39 is 0 Å². The summed E-state index contributed by atoms with van der Waals surface area (Å²) in [6, 6.07) is 9.91. The van der Waals surface area contributed by atoms with Gasteiger partial charge in [0.2, 0.25) is 0 Å². The number of methoxy groups -OCH3 is 1. The summed E-state index contributed by atoms with van der Waals surface area (Å²) in [5.41, 5.74) is 8.30. The molecule has 0 spiro atoms. The number of nitrogen functional groups attached to an aromatic ring is 1. The van der Waals surface area contributed by atoms with Crippen molar-refractivity contribution in [2.24, 2.45) is 0 Å². The molecule has 3 nitrogen and oxygen atoms in total.